The largest absolute Gasteiger partial charge is 0.495 e. The van der Waals surface area contributed by atoms with Crippen molar-refractivity contribution < 1.29 is 27.5 Å². The van der Waals surface area contributed by atoms with Crippen molar-refractivity contribution in [3.63, 3.8) is 0 Å². The van der Waals surface area contributed by atoms with E-state index in [1.807, 2.05) is 0 Å². The van der Waals surface area contributed by atoms with E-state index in [4.69, 9.17) is 9.47 Å². The van der Waals surface area contributed by atoms with Crippen LogP contribution in [0.15, 0.2) is 29.2 Å². The van der Waals surface area contributed by atoms with Gasteiger partial charge in [-0.1, -0.05) is 25.8 Å². The maximum atomic E-state index is 12.1. The summed E-state index contributed by atoms with van der Waals surface area (Å²) in [4.78, 5) is 23.8. The highest BCUT2D eigenvalue weighted by Gasteiger charge is 2.23. The Morgan fingerprint density at radius 3 is 2.62 bits per heavy atom. The van der Waals surface area contributed by atoms with Gasteiger partial charge in [0.2, 0.25) is 10.0 Å². The van der Waals surface area contributed by atoms with E-state index in [2.05, 4.69) is 17.0 Å². The zero-order valence-electron chi connectivity index (χ0n) is 16.9. The number of carbonyl (C=O) groups is 2. The molecular formula is C20H28N2O6S. The van der Waals surface area contributed by atoms with E-state index in [1.165, 1.54) is 38.8 Å². The lowest BCUT2D eigenvalue weighted by atomic mass is 9.86. The SMILES string of the molecule is CNS(=O)(=O)c1cc(/C=C/C(=O)OCC(=O)NC2CCCCC2C)ccc1OC. The van der Waals surface area contributed by atoms with E-state index in [1.54, 1.807) is 6.07 Å². The second kappa shape index (κ2) is 10.4. The predicted molar refractivity (Wildman–Crippen MR) is 109 cm³/mol. The third kappa shape index (κ3) is 6.57. The smallest absolute Gasteiger partial charge is 0.331 e. The van der Waals surface area contributed by atoms with Gasteiger partial charge in [-0.25, -0.2) is 17.9 Å². The van der Waals surface area contributed by atoms with Crippen LogP contribution in [-0.4, -0.2) is 47.1 Å². The molecule has 0 radical (unpaired) electrons. The molecule has 8 nitrogen and oxygen atoms in total. The third-order valence-corrected chi connectivity index (χ3v) is 6.40. The molecule has 0 spiro atoms. The average Bonchev–Trinajstić information content (AvgIpc) is 2.72. The minimum Gasteiger partial charge on any atom is -0.495 e. The number of methoxy groups -OCH3 is 1. The normalized spacial score (nSPS) is 19.7. The van der Waals surface area contributed by atoms with E-state index in [0.29, 0.717) is 11.5 Å². The molecule has 9 heteroatoms. The van der Waals surface area contributed by atoms with Crippen molar-refractivity contribution >= 4 is 28.0 Å². The summed E-state index contributed by atoms with van der Waals surface area (Å²) in [7, 11) is -1.05. The van der Waals surface area contributed by atoms with E-state index in [-0.39, 0.29) is 29.2 Å². The monoisotopic (exact) mass is 424 g/mol. The van der Waals surface area contributed by atoms with Crippen LogP contribution in [0.2, 0.25) is 0 Å². The second-order valence-electron chi connectivity index (χ2n) is 6.99. The van der Waals surface area contributed by atoms with Crippen molar-refractivity contribution in [2.24, 2.45) is 5.92 Å². The summed E-state index contributed by atoms with van der Waals surface area (Å²) in [5.41, 5.74) is 0.469. The zero-order chi connectivity index (χ0) is 21.4. The lowest BCUT2D eigenvalue weighted by molar-refractivity contribution is -0.144. The number of esters is 1. The first-order valence-corrected chi connectivity index (χ1v) is 11.0. The van der Waals surface area contributed by atoms with E-state index >= 15 is 0 Å². The number of sulfonamides is 1. The van der Waals surface area contributed by atoms with Crippen LogP contribution in [0.1, 0.15) is 38.2 Å². The van der Waals surface area contributed by atoms with Crippen LogP contribution in [0.3, 0.4) is 0 Å². The Bertz CT molecular complexity index is 866. The summed E-state index contributed by atoms with van der Waals surface area (Å²) < 4.78 is 36.4. The summed E-state index contributed by atoms with van der Waals surface area (Å²) in [6.45, 7) is 1.75. The number of carbonyl (C=O) groups excluding carboxylic acids is 2. The molecule has 1 aromatic carbocycles. The Balaban J connectivity index is 1.93. The quantitative estimate of drug-likeness (QED) is 0.487. The lowest BCUT2D eigenvalue weighted by Gasteiger charge is -2.29. The first-order chi connectivity index (χ1) is 13.8. The van der Waals surface area contributed by atoms with Gasteiger partial charge in [0, 0.05) is 12.1 Å². The van der Waals surface area contributed by atoms with Crippen molar-refractivity contribution in [1.82, 2.24) is 10.0 Å². The maximum absolute atomic E-state index is 12.1. The van der Waals surface area contributed by atoms with Gasteiger partial charge in [-0.2, -0.15) is 0 Å². The van der Waals surface area contributed by atoms with Crippen molar-refractivity contribution in [2.45, 2.75) is 43.5 Å². The maximum Gasteiger partial charge on any atom is 0.331 e. The van der Waals surface area contributed by atoms with Crippen molar-refractivity contribution in [3.05, 3.63) is 29.8 Å². The van der Waals surface area contributed by atoms with Crippen molar-refractivity contribution in [2.75, 3.05) is 20.8 Å². The molecule has 1 fully saturated rings. The van der Waals surface area contributed by atoms with Gasteiger partial charge in [-0.05, 0) is 49.6 Å². The van der Waals surface area contributed by atoms with Crippen LogP contribution < -0.4 is 14.8 Å². The van der Waals surface area contributed by atoms with Gasteiger partial charge in [-0.3, -0.25) is 4.79 Å². The number of hydrogen-bond acceptors (Lipinski definition) is 6. The fourth-order valence-electron chi connectivity index (χ4n) is 3.25. The molecule has 29 heavy (non-hydrogen) atoms. The molecular weight excluding hydrogens is 396 g/mol. The third-order valence-electron chi connectivity index (χ3n) is 4.96. The van der Waals surface area contributed by atoms with Gasteiger partial charge >= 0.3 is 5.97 Å². The summed E-state index contributed by atoms with van der Waals surface area (Å²) >= 11 is 0. The molecule has 0 bridgehead atoms. The first-order valence-electron chi connectivity index (χ1n) is 9.52. The molecule has 1 amide bonds. The molecule has 2 N–H and O–H groups in total. The topological polar surface area (TPSA) is 111 Å². The average molecular weight is 425 g/mol. The summed E-state index contributed by atoms with van der Waals surface area (Å²) in [5, 5.41) is 2.91. The van der Waals surface area contributed by atoms with E-state index in [0.717, 1.165) is 25.3 Å². The standard InChI is InChI=1S/C20H28N2O6S/c1-14-6-4-5-7-16(14)22-19(23)13-28-20(24)11-9-15-8-10-17(27-3)18(12-15)29(25,26)21-2/h8-12,14,16,21H,4-7,13H2,1-3H3,(H,22,23)/b11-9+. The number of hydrogen-bond donors (Lipinski definition) is 2. The molecule has 0 aliphatic heterocycles. The molecule has 0 saturated heterocycles. The van der Waals surface area contributed by atoms with Crippen LogP contribution in [0.5, 0.6) is 5.75 Å². The number of ether oxygens (including phenoxy) is 2. The predicted octanol–water partition coefficient (Wildman–Crippen LogP) is 1.85. The number of amides is 1. The molecule has 0 aromatic heterocycles. The molecule has 160 valence electrons. The Morgan fingerprint density at radius 2 is 1.97 bits per heavy atom. The molecule has 2 rings (SSSR count). The molecule has 1 aliphatic rings. The van der Waals surface area contributed by atoms with Gasteiger partial charge < -0.3 is 14.8 Å². The van der Waals surface area contributed by atoms with Crippen LogP contribution in [0.25, 0.3) is 6.08 Å². The highest BCUT2D eigenvalue weighted by Crippen LogP contribution is 2.25. The Labute approximate surface area is 171 Å². The lowest BCUT2D eigenvalue weighted by Crippen LogP contribution is -2.42. The van der Waals surface area contributed by atoms with Crippen LogP contribution in [-0.2, 0) is 24.3 Å². The summed E-state index contributed by atoms with van der Waals surface area (Å²) in [6, 6.07) is 4.60. The van der Waals surface area contributed by atoms with Gasteiger partial charge in [0.25, 0.3) is 5.91 Å². The fraction of sp³-hybridized carbons (Fsp3) is 0.500. The Kier molecular flexibility index (Phi) is 8.21. The van der Waals surface area contributed by atoms with Crippen molar-refractivity contribution in [3.8, 4) is 5.75 Å². The first kappa shape index (κ1) is 22.9. The Morgan fingerprint density at radius 1 is 1.24 bits per heavy atom. The molecule has 0 heterocycles. The number of rotatable bonds is 8. The summed E-state index contributed by atoms with van der Waals surface area (Å²) in [5.74, 6) is -0.405. The van der Waals surface area contributed by atoms with Crippen LogP contribution in [0, 0.1) is 5.92 Å². The van der Waals surface area contributed by atoms with E-state index in [9.17, 15) is 18.0 Å². The molecule has 2 atom stereocenters. The zero-order valence-corrected chi connectivity index (χ0v) is 17.8. The molecule has 1 aliphatic carbocycles. The number of nitrogens with one attached hydrogen (secondary N) is 2. The number of benzene rings is 1. The van der Waals surface area contributed by atoms with Gasteiger partial charge in [-0.15, -0.1) is 0 Å². The Hall–Kier alpha value is -2.39. The fourth-order valence-corrected chi connectivity index (χ4v) is 4.17. The van der Waals surface area contributed by atoms with Gasteiger partial charge in [0.1, 0.15) is 10.6 Å². The van der Waals surface area contributed by atoms with E-state index < -0.39 is 16.0 Å². The van der Waals surface area contributed by atoms with Crippen LogP contribution in [0.4, 0.5) is 0 Å². The summed E-state index contributed by atoms with van der Waals surface area (Å²) in [6.07, 6.45) is 6.85. The minimum absolute atomic E-state index is 0.0426. The minimum atomic E-state index is -3.72. The van der Waals surface area contributed by atoms with Gasteiger partial charge in [0.05, 0.1) is 7.11 Å². The van der Waals surface area contributed by atoms with Gasteiger partial charge in [0.15, 0.2) is 6.61 Å². The second-order valence-corrected chi connectivity index (χ2v) is 8.85. The molecule has 1 saturated carbocycles. The van der Waals surface area contributed by atoms with Crippen LogP contribution >= 0.6 is 0 Å². The molecule has 2 unspecified atom stereocenters. The molecule has 1 aromatic rings. The van der Waals surface area contributed by atoms with Crippen molar-refractivity contribution in [1.29, 1.82) is 0 Å². The highest BCUT2D eigenvalue weighted by molar-refractivity contribution is 7.89. The highest BCUT2D eigenvalue weighted by atomic mass is 32.2.